The van der Waals surface area contributed by atoms with Gasteiger partial charge in [-0.05, 0) is 63.9 Å². The SMILES string of the molecule is C[C@@H](O)CCC[C@@H](/C=C/[C@@H]1[C@@H](C/C=C\CCCC(=O)O)[C@H](Cl)C[C@H]1O)OC(=O)O. The van der Waals surface area contributed by atoms with Crippen molar-refractivity contribution in [3.8, 4) is 0 Å². The van der Waals surface area contributed by atoms with E-state index in [4.69, 9.17) is 26.6 Å². The molecule has 1 saturated carbocycles. The Morgan fingerprint density at radius 2 is 1.93 bits per heavy atom. The second-order valence-corrected chi connectivity index (χ2v) is 8.20. The summed E-state index contributed by atoms with van der Waals surface area (Å²) in [6.45, 7) is 1.68. The Labute approximate surface area is 177 Å². The van der Waals surface area contributed by atoms with Gasteiger partial charge in [0, 0.05) is 17.7 Å². The van der Waals surface area contributed by atoms with Crippen molar-refractivity contribution in [1.29, 1.82) is 0 Å². The Morgan fingerprint density at radius 3 is 2.55 bits per heavy atom. The fourth-order valence-electron chi connectivity index (χ4n) is 3.60. The molecule has 1 aliphatic rings. The summed E-state index contributed by atoms with van der Waals surface area (Å²) < 4.78 is 4.91. The topological polar surface area (TPSA) is 124 Å². The first-order valence-electron chi connectivity index (χ1n) is 10.2. The number of carboxylic acids is 1. The van der Waals surface area contributed by atoms with Gasteiger partial charge in [-0.2, -0.15) is 0 Å². The summed E-state index contributed by atoms with van der Waals surface area (Å²) in [5.74, 6) is -1.02. The Hall–Kier alpha value is -1.57. The quantitative estimate of drug-likeness (QED) is 0.150. The van der Waals surface area contributed by atoms with Crippen molar-refractivity contribution in [2.75, 3.05) is 0 Å². The Kier molecular flexibility index (Phi) is 12.0. The van der Waals surface area contributed by atoms with Crippen LogP contribution in [0.5, 0.6) is 0 Å². The van der Waals surface area contributed by atoms with Crippen LogP contribution in [-0.2, 0) is 9.53 Å². The maximum Gasteiger partial charge on any atom is 0.506 e. The van der Waals surface area contributed by atoms with Crippen LogP contribution in [0.25, 0.3) is 0 Å². The van der Waals surface area contributed by atoms with Crippen molar-refractivity contribution in [1.82, 2.24) is 0 Å². The van der Waals surface area contributed by atoms with E-state index in [1.165, 1.54) is 0 Å². The molecule has 8 heteroatoms. The summed E-state index contributed by atoms with van der Waals surface area (Å²) >= 11 is 6.41. The van der Waals surface area contributed by atoms with Crippen LogP contribution in [0.1, 0.15) is 58.3 Å². The highest BCUT2D eigenvalue weighted by Gasteiger charge is 2.39. The highest BCUT2D eigenvalue weighted by atomic mass is 35.5. The molecule has 0 aromatic carbocycles. The van der Waals surface area contributed by atoms with E-state index in [2.05, 4.69) is 0 Å². The molecule has 0 radical (unpaired) electrons. The number of unbranched alkanes of at least 4 members (excludes halogenated alkanes) is 1. The lowest BCUT2D eigenvalue weighted by atomic mass is 9.90. The number of ether oxygens (including phenoxy) is 1. The summed E-state index contributed by atoms with van der Waals surface area (Å²) in [6, 6.07) is 0. The van der Waals surface area contributed by atoms with Gasteiger partial charge in [0.05, 0.1) is 12.2 Å². The Bertz CT molecular complexity index is 561. The lowest BCUT2D eigenvalue weighted by molar-refractivity contribution is -0.137. The number of rotatable bonds is 13. The lowest BCUT2D eigenvalue weighted by Crippen LogP contribution is -2.20. The molecule has 0 aromatic rings. The number of hydrogen-bond acceptors (Lipinski definition) is 5. The summed E-state index contributed by atoms with van der Waals surface area (Å²) in [4.78, 5) is 21.5. The summed E-state index contributed by atoms with van der Waals surface area (Å²) in [6.07, 6.45) is 8.43. The predicted octanol–water partition coefficient (Wildman–Crippen LogP) is 3.96. The average molecular weight is 433 g/mol. The van der Waals surface area contributed by atoms with E-state index in [0.29, 0.717) is 44.9 Å². The van der Waals surface area contributed by atoms with Gasteiger partial charge in [0.25, 0.3) is 0 Å². The monoisotopic (exact) mass is 432 g/mol. The minimum Gasteiger partial charge on any atom is -0.481 e. The van der Waals surface area contributed by atoms with Gasteiger partial charge in [-0.3, -0.25) is 4.79 Å². The van der Waals surface area contributed by atoms with E-state index < -0.39 is 30.4 Å². The molecule has 1 fully saturated rings. The minimum atomic E-state index is -1.36. The van der Waals surface area contributed by atoms with Crippen LogP contribution in [0.3, 0.4) is 0 Å². The summed E-state index contributed by atoms with van der Waals surface area (Å²) in [5.41, 5.74) is 0. The average Bonchev–Trinajstić information content (AvgIpc) is 2.87. The van der Waals surface area contributed by atoms with Crippen LogP contribution in [0.4, 0.5) is 4.79 Å². The first-order chi connectivity index (χ1) is 13.7. The van der Waals surface area contributed by atoms with E-state index >= 15 is 0 Å². The van der Waals surface area contributed by atoms with E-state index in [-0.39, 0.29) is 23.6 Å². The number of aliphatic carboxylic acids is 1. The van der Waals surface area contributed by atoms with Crippen LogP contribution in [0, 0.1) is 11.8 Å². The third-order valence-electron chi connectivity index (χ3n) is 5.12. The molecule has 0 heterocycles. The largest absolute Gasteiger partial charge is 0.506 e. The molecule has 0 saturated heterocycles. The van der Waals surface area contributed by atoms with Crippen LogP contribution >= 0.6 is 11.6 Å². The molecule has 0 unspecified atom stereocenters. The first-order valence-corrected chi connectivity index (χ1v) is 10.6. The van der Waals surface area contributed by atoms with Crippen molar-refractivity contribution >= 4 is 23.7 Å². The Morgan fingerprint density at radius 1 is 1.21 bits per heavy atom. The van der Waals surface area contributed by atoms with Gasteiger partial charge in [-0.15, -0.1) is 11.6 Å². The van der Waals surface area contributed by atoms with Crippen molar-refractivity contribution < 1.29 is 34.8 Å². The van der Waals surface area contributed by atoms with Gasteiger partial charge < -0.3 is 25.2 Å². The molecule has 166 valence electrons. The summed E-state index contributed by atoms with van der Waals surface area (Å²) in [7, 11) is 0. The molecule has 0 spiro atoms. The second-order valence-electron chi connectivity index (χ2n) is 7.64. The number of alkyl halides is 1. The molecule has 4 N–H and O–H groups in total. The van der Waals surface area contributed by atoms with E-state index in [0.717, 1.165) is 0 Å². The van der Waals surface area contributed by atoms with E-state index in [1.54, 1.807) is 19.1 Å². The van der Waals surface area contributed by atoms with Crippen LogP contribution in [-0.4, -0.2) is 56.2 Å². The number of carbonyl (C=O) groups is 2. The van der Waals surface area contributed by atoms with Crippen LogP contribution in [0.15, 0.2) is 24.3 Å². The van der Waals surface area contributed by atoms with Gasteiger partial charge in [0.15, 0.2) is 0 Å². The third-order valence-corrected chi connectivity index (χ3v) is 5.62. The van der Waals surface area contributed by atoms with Crippen molar-refractivity contribution in [2.45, 2.75) is 82.0 Å². The van der Waals surface area contributed by atoms with Gasteiger partial charge in [0.1, 0.15) is 6.10 Å². The third kappa shape index (κ3) is 10.7. The number of hydrogen-bond donors (Lipinski definition) is 4. The number of halogens is 1. The normalized spacial score (nSPS) is 26.8. The Balaban J connectivity index is 2.65. The first kappa shape index (κ1) is 25.5. The fraction of sp³-hybridized carbons (Fsp3) is 0.714. The lowest BCUT2D eigenvalue weighted by Gasteiger charge is -2.20. The van der Waals surface area contributed by atoms with Gasteiger partial charge in [-0.25, -0.2) is 4.79 Å². The molecular weight excluding hydrogens is 400 g/mol. The maximum absolute atomic E-state index is 10.9. The zero-order valence-electron chi connectivity index (χ0n) is 16.8. The smallest absolute Gasteiger partial charge is 0.481 e. The molecule has 1 rings (SSSR count). The molecule has 0 bridgehead atoms. The minimum absolute atomic E-state index is 0.00147. The number of carboxylic acid groups (broad SMARTS) is 2. The molecule has 1 aliphatic carbocycles. The van der Waals surface area contributed by atoms with E-state index in [1.807, 2.05) is 12.2 Å². The molecule has 0 aromatic heterocycles. The van der Waals surface area contributed by atoms with Crippen LogP contribution < -0.4 is 0 Å². The van der Waals surface area contributed by atoms with Crippen molar-refractivity contribution in [2.24, 2.45) is 11.8 Å². The fourth-order valence-corrected chi connectivity index (χ4v) is 4.05. The standard InChI is InChI=1S/C21H33ClO7/c1-14(23)7-6-8-15(29-21(27)28)11-12-17-16(18(22)13-19(17)24)9-4-2-3-5-10-20(25)26/h2,4,11-12,14-19,23-24H,3,5-10,13H2,1H3,(H,25,26)(H,27,28)/b4-2-,12-11+/t14-,15+,16-,17-,18-,19-/m1/s1. The zero-order chi connectivity index (χ0) is 21.8. The highest BCUT2D eigenvalue weighted by molar-refractivity contribution is 6.21. The highest BCUT2D eigenvalue weighted by Crippen LogP contribution is 2.39. The van der Waals surface area contributed by atoms with Gasteiger partial charge in [-0.1, -0.05) is 18.2 Å². The van der Waals surface area contributed by atoms with Crippen molar-refractivity contribution in [3.63, 3.8) is 0 Å². The summed E-state index contributed by atoms with van der Waals surface area (Å²) in [5, 5.41) is 37.1. The van der Waals surface area contributed by atoms with Gasteiger partial charge in [0.2, 0.25) is 0 Å². The maximum atomic E-state index is 10.9. The number of aliphatic hydroxyl groups excluding tert-OH is 2. The van der Waals surface area contributed by atoms with Crippen LogP contribution in [0.2, 0.25) is 0 Å². The number of aliphatic hydroxyl groups is 2. The number of allylic oxidation sites excluding steroid dienone is 2. The molecular formula is C21H33ClO7. The van der Waals surface area contributed by atoms with Gasteiger partial charge >= 0.3 is 12.1 Å². The molecule has 0 aliphatic heterocycles. The zero-order valence-corrected chi connectivity index (χ0v) is 17.6. The van der Waals surface area contributed by atoms with E-state index in [9.17, 15) is 19.8 Å². The second kappa shape index (κ2) is 13.6. The molecule has 29 heavy (non-hydrogen) atoms. The molecule has 6 atom stereocenters. The predicted molar refractivity (Wildman–Crippen MR) is 110 cm³/mol. The molecule has 7 nitrogen and oxygen atoms in total. The molecule has 0 amide bonds. The van der Waals surface area contributed by atoms with Crippen molar-refractivity contribution in [3.05, 3.63) is 24.3 Å².